The summed E-state index contributed by atoms with van der Waals surface area (Å²) in [6.45, 7) is 4.57. The van der Waals surface area contributed by atoms with E-state index in [9.17, 15) is 13.0 Å². The normalized spacial score (nSPS) is 11.5. The zero-order valence-electron chi connectivity index (χ0n) is 19.1. The first-order valence-electron chi connectivity index (χ1n) is 11.4. The molecule has 32 heavy (non-hydrogen) atoms. The van der Waals surface area contributed by atoms with Gasteiger partial charge in [-0.1, -0.05) is 70.8 Å². The third-order valence-corrected chi connectivity index (χ3v) is 6.18. The lowest BCUT2D eigenvalue weighted by Gasteiger charge is -2.10. The number of nitrogens with two attached hydrogens (primary N) is 1. The van der Waals surface area contributed by atoms with Gasteiger partial charge in [-0.05, 0) is 31.0 Å². The molecule has 9 nitrogen and oxygen atoms in total. The van der Waals surface area contributed by atoms with E-state index in [-0.39, 0.29) is 16.8 Å². The molecule has 2 aromatic rings. The van der Waals surface area contributed by atoms with E-state index in [0.717, 1.165) is 19.4 Å². The van der Waals surface area contributed by atoms with Crippen LogP contribution in [0.4, 0.5) is 23.5 Å². The molecule has 0 amide bonds. The molecule has 1 heterocycles. The SMILES string of the molecule is CCCCCCCCCCCCNc1nc(N)nc(Nc2ccc(C)c(S(=O)(=O)O)c2)n1. The van der Waals surface area contributed by atoms with Gasteiger partial charge < -0.3 is 16.4 Å². The van der Waals surface area contributed by atoms with Crippen LogP contribution < -0.4 is 16.4 Å². The Morgan fingerprint density at radius 1 is 0.906 bits per heavy atom. The zero-order chi connectivity index (χ0) is 23.4. The number of benzene rings is 1. The molecule has 0 aliphatic carbocycles. The Bertz CT molecular complexity index is 953. The minimum atomic E-state index is -4.32. The minimum Gasteiger partial charge on any atom is -0.368 e. The molecule has 0 saturated carbocycles. The number of nitrogens with zero attached hydrogens (tertiary/aromatic N) is 3. The van der Waals surface area contributed by atoms with E-state index in [0.29, 0.717) is 17.2 Å². The van der Waals surface area contributed by atoms with Gasteiger partial charge in [-0.15, -0.1) is 0 Å². The fourth-order valence-corrected chi connectivity index (χ4v) is 4.18. The van der Waals surface area contributed by atoms with Gasteiger partial charge in [0.1, 0.15) is 0 Å². The number of anilines is 4. The first-order valence-corrected chi connectivity index (χ1v) is 12.8. The van der Waals surface area contributed by atoms with Crippen molar-refractivity contribution in [3.63, 3.8) is 0 Å². The van der Waals surface area contributed by atoms with Crippen molar-refractivity contribution in [2.24, 2.45) is 0 Å². The molecule has 0 bridgehead atoms. The van der Waals surface area contributed by atoms with Crippen LogP contribution in [0.1, 0.15) is 76.7 Å². The Morgan fingerprint density at radius 3 is 2.12 bits per heavy atom. The van der Waals surface area contributed by atoms with Gasteiger partial charge in [-0.25, -0.2) is 0 Å². The zero-order valence-corrected chi connectivity index (χ0v) is 19.9. The smallest absolute Gasteiger partial charge is 0.294 e. The summed E-state index contributed by atoms with van der Waals surface area (Å²) in [5.41, 5.74) is 6.64. The molecule has 1 aromatic heterocycles. The molecule has 0 aliphatic rings. The molecule has 10 heteroatoms. The summed E-state index contributed by atoms with van der Waals surface area (Å²) in [5, 5.41) is 6.07. The van der Waals surface area contributed by atoms with Crippen LogP contribution in [0.25, 0.3) is 0 Å². The summed E-state index contributed by atoms with van der Waals surface area (Å²) in [6, 6.07) is 4.57. The second-order valence-corrected chi connectivity index (χ2v) is 9.42. The van der Waals surface area contributed by atoms with Gasteiger partial charge in [0.15, 0.2) is 0 Å². The van der Waals surface area contributed by atoms with Crippen molar-refractivity contribution >= 4 is 33.7 Å². The number of nitrogen functional groups attached to an aromatic ring is 1. The molecule has 2 rings (SSSR count). The number of rotatable bonds is 15. The van der Waals surface area contributed by atoms with Crippen LogP contribution in [-0.2, 0) is 10.1 Å². The average molecular weight is 465 g/mol. The average Bonchev–Trinajstić information content (AvgIpc) is 2.72. The third-order valence-electron chi connectivity index (χ3n) is 5.19. The van der Waals surface area contributed by atoms with Crippen molar-refractivity contribution in [1.82, 2.24) is 15.0 Å². The Kier molecular flexibility index (Phi) is 10.6. The molecule has 0 saturated heterocycles. The van der Waals surface area contributed by atoms with Crippen LogP contribution in [0.3, 0.4) is 0 Å². The summed E-state index contributed by atoms with van der Waals surface area (Å²) >= 11 is 0. The van der Waals surface area contributed by atoms with Gasteiger partial charge in [0.25, 0.3) is 10.1 Å². The van der Waals surface area contributed by atoms with Crippen molar-refractivity contribution in [3.05, 3.63) is 23.8 Å². The summed E-state index contributed by atoms with van der Waals surface area (Å²) < 4.78 is 32.4. The van der Waals surface area contributed by atoms with Crippen LogP contribution in [0.5, 0.6) is 0 Å². The Hall–Kier alpha value is -2.46. The number of nitrogens with one attached hydrogen (secondary N) is 2. The molecule has 0 atom stereocenters. The highest BCUT2D eigenvalue weighted by Gasteiger charge is 2.14. The largest absolute Gasteiger partial charge is 0.368 e. The van der Waals surface area contributed by atoms with Crippen molar-refractivity contribution in [2.75, 3.05) is 22.9 Å². The topological polar surface area (TPSA) is 143 Å². The third kappa shape index (κ3) is 9.35. The van der Waals surface area contributed by atoms with Crippen molar-refractivity contribution < 1.29 is 13.0 Å². The lowest BCUT2D eigenvalue weighted by molar-refractivity contribution is 0.482. The van der Waals surface area contributed by atoms with Crippen LogP contribution in [0.15, 0.2) is 23.1 Å². The number of hydrogen-bond donors (Lipinski definition) is 4. The van der Waals surface area contributed by atoms with Gasteiger partial charge >= 0.3 is 0 Å². The molecule has 0 radical (unpaired) electrons. The number of unbranched alkanes of at least 4 members (excludes halogenated alkanes) is 9. The van der Waals surface area contributed by atoms with E-state index in [1.54, 1.807) is 19.1 Å². The molecule has 0 fully saturated rings. The lowest BCUT2D eigenvalue weighted by atomic mass is 10.1. The first-order chi connectivity index (χ1) is 15.3. The maximum Gasteiger partial charge on any atom is 0.294 e. The summed E-state index contributed by atoms with van der Waals surface area (Å²) in [6.07, 6.45) is 12.7. The van der Waals surface area contributed by atoms with Crippen LogP contribution in [0, 0.1) is 6.92 Å². The number of hydrogen-bond acceptors (Lipinski definition) is 8. The Balaban J connectivity index is 1.78. The monoisotopic (exact) mass is 464 g/mol. The minimum absolute atomic E-state index is 0.0511. The predicted octanol–water partition coefficient (Wildman–Crippen LogP) is 5.09. The predicted molar refractivity (Wildman–Crippen MR) is 129 cm³/mol. The van der Waals surface area contributed by atoms with E-state index >= 15 is 0 Å². The fraction of sp³-hybridized carbons (Fsp3) is 0.591. The van der Waals surface area contributed by atoms with E-state index in [1.807, 2.05) is 0 Å². The molecule has 0 spiro atoms. The van der Waals surface area contributed by atoms with Gasteiger partial charge in [0.05, 0.1) is 4.90 Å². The fourth-order valence-electron chi connectivity index (χ4n) is 3.42. The highest BCUT2D eigenvalue weighted by atomic mass is 32.2. The van der Waals surface area contributed by atoms with Gasteiger partial charge in [0, 0.05) is 12.2 Å². The van der Waals surface area contributed by atoms with E-state index in [2.05, 4.69) is 32.5 Å². The van der Waals surface area contributed by atoms with Gasteiger partial charge in [-0.2, -0.15) is 23.4 Å². The molecule has 5 N–H and O–H groups in total. The molecular formula is C22H36N6O3S. The van der Waals surface area contributed by atoms with Crippen molar-refractivity contribution in [3.8, 4) is 0 Å². The van der Waals surface area contributed by atoms with Crippen molar-refractivity contribution in [1.29, 1.82) is 0 Å². The van der Waals surface area contributed by atoms with Crippen LogP contribution in [-0.4, -0.2) is 34.5 Å². The molecule has 0 unspecified atom stereocenters. The quantitative estimate of drug-likeness (QED) is 0.209. The van der Waals surface area contributed by atoms with Crippen molar-refractivity contribution in [2.45, 2.75) is 83.0 Å². The van der Waals surface area contributed by atoms with Crippen LogP contribution >= 0.6 is 0 Å². The first kappa shape index (κ1) is 25.8. The van der Waals surface area contributed by atoms with Crippen LogP contribution in [0.2, 0.25) is 0 Å². The summed E-state index contributed by atoms with van der Waals surface area (Å²) in [4.78, 5) is 12.3. The Labute approximate surface area is 191 Å². The van der Waals surface area contributed by atoms with E-state index < -0.39 is 10.1 Å². The van der Waals surface area contributed by atoms with E-state index in [4.69, 9.17) is 5.73 Å². The standard InChI is InChI=1S/C22H36N6O3S/c1-3-4-5-6-7-8-9-10-11-12-15-24-21-26-20(23)27-22(28-21)25-18-14-13-17(2)19(16-18)32(29,30)31/h13-14,16H,3-12,15H2,1-2H3,(H,29,30,31)(H4,23,24,25,26,27,28). The molecule has 1 aromatic carbocycles. The highest BCUT2D eigenvalue weighted by molar-refractivity contribution is 7.85. The number of aryl methyl sites for hydroxylation is 1. The second-order valence-electron chi connectivity index (χ2n) is 8.03. The molecular weight excluding hydrogens is 428 g/mol. The molecule has 0 aliphatic heterocycles. The highest BCUT2D eigenvalue weighted by Crippen LogP contribution is 2.22. The maximum atomic E-state index is 11.5. The molecule has 178 valence electrons. The lowest BCUT2D eigenvalue weighted by Crippen LogP contribution is -2.10. The second kappa shape index (κ2) is 13.2. The van der Waals surface area contributed by atoms with E-state index in [1.165, 1.54) is 57.4 Å². The maximum absolute atomic E-state index is 11.5. The number of aromatic nitrogens is 3. The van der Waals surface area contributed by atoms with Gasteiger partial charge in [0.2, 0.25) is 17.8 Å². The Morgan fingerprint density at radius 2 is 1.50 bits per heavy atom. The van der Waals surface area contributed by atoms with Gasteiger partial charge in [-0.3, -0.25) is 4.55 Å². The summed E-state index contributed by atoms with van der Waals surface area (Å²) in [7, 11) is -4.32. The summed E-state index contributed by atoms with van der Waals surface area (Å²) in [5.74, 6) is 0.599.